The van der Waals surface area contributed by atoms with Crippen LogP contribution in [0.25, 0.3) is 0 Å². The van der Waals surface area contributed by atoms with Crippen molar-refractivity contribution in [2.75, 3.05) is 36.9 Å². The van der Waals surface area contributed by atoms with Gasteiger partial charge in [-0.05, 0) is 48.9 Å². The van der Waals surface area contributed by atoms with Crippen molar-refractivity contribution in [3.05, 3.63) is 83.2 Å². The summed E-state index contributed by atoms with van der Waals surface area (Å²) in [7, 11) is 1.88. The van der Waals surface area contributed by atoms with Crippen LogP contribution in [0.2, 0.25) is 0 Å². The van der Waals surface area contributed by atoms with Crippen LogP contribution in [0.3, 0.4) is 0 Å². The fourth-order valence-electron chi connectivity index (χ4n) is 4.08. The molecular weight excluding hydrogens is 483 g/mol. The van der Waals surface area contributed by atoms with Crippen molar-refractivity contribution in [1.82, 2.24) is 10.3 Å². The number of benzene rings is 2. The lowest BCUT2D eigenvalue weighted by Crippen LogP contribution is -2.50. The number of rotatable bonds is 9. The van der Waals surface area contributed by atoms with E-state index in [1.54, 1.807) is 30.6 Å². The number of halogens is 3. The van der Waals surface area contributed by atoms with Gasteiger partial charge in [0.25, 0.3) is 5.91 Å². The number of hydrogen-bond donors (Lipinski definition) is 3. The molecule has 4 rings (SSSR count). The Morgan fingerprint density at radius 2 is 2.05 bits per heavy atom. The SMILES string of the molecule is Cc1ccc(NC(=O)c2cccc(C(F)(F)F)c2)cc1N(C)CC(C=N)c1cnccc1OC1CNC1. The number of pyridine rings is 1. The number of aryl methyl sites for hydroxylation is 1. The molecule has 3 aromatic rings. The molecule has 194 valence electrons. The molecule has 1 aliphatic heterocycles. The third-order valence-corrected chi connectivity index (χ3v) is 6.25. The number of likely N-dealkylation sites (N-methyl/N-ethyl adjacent to an activating group) is 1. The maximum Gasteiger partial charge on any atom is 0.416 e. The van der Waals surface area contributed by atoms with Crippen molar-refractivity contribution in [1.29, 1.82) is 5.41 Å². The lowest BCUT2D eigenvalue weighted by Gasteiger charge is -2.30. The van der Waals surface area contributed by atoms with Gasteiger partial charge in [0.15, 0.2) is 0 Å². The summed E-state index contributed by atoms with van der Waals surface area (Å²) in [5, 5.41) is 13.9. The second kappa shape index (κ2) is 11.0. The van der Waals surface area contributed by atoms with Crippen LogP contribution < -0.4 is 20.3 Å². The van der Waals surface area contributed by atoms with Crippen LogP contribution in [0.5, 0.6) is 5.75 Å². The van der Waals surface area contributed by atoms with Crippen LogP contribution in [-0.2, 0) is 6.18 Å². The molecule has 0 aliphatic carbocycles. The molecule has 3 N–H and O–H groups in total. The number of anilines is 2. The average Bonchev–Trinajstić information content (AvgIpc) is 2.85. The van der Waals surface area contributed by atoms with E-state index in [0.717, 1.165) is 42.0 Å². The third-order valence-electron chi connectivity index (χ3n) is 6.25. The number of amides is 1. The summed E-state index contributed by atoms with van der Waals surface area (Å²) in [5.74, 6) is -0.240. The maximum absolute atomic E-state index is 13.0. The summed E-state index contributed by atoms with van der Waals surface area (Å²) in [4.78, 5) is 18.9. The van der Waals surface area contributed by atoms with Gasteiger partial charge in [0.1, 0.15) is 11.9 Å². The van der Waals surface area contributed by atoms with E-state index < -0.39 is 17.6 Å². The molecule has 1 saturated heterocycles. The van der Waals surface area contributed by atoms with Gasteiger partial charge >= 0.3 is 6.18 Å². The Morgan fingerprint density at radius 3 is 2.73 bits per heavy atom. The molecule has 1 amide bonds. The molecule has 10 heteroatoms. The molecule has 0 radical (unpaired) electrons. The summed E-state index contributed by atoms with van der Waals surface area (Å²) in [6.07, 6.45) is 0.285. The predicted molar refractivity (Wildman–Crippen MR) is 137 cm³/mol. The van der Waals surface area contributed by atoms with E-state index >= 15 is 0 Å². The highest BCUT2D eigenvalue weighted by molar-refractivity contribution is 6.04. The molecule has 7 nitrogen and oxygen atoms in total. The zero-order valence-corrected chi connectivity index (χ0v) is 20.5. The molecule has 2 heterocycles. The summed E-state index contributed by atoms with van der Waals surface area (Å²) >= 11 is 0. The minimum Gasteiger partial charge on any atom is -0.487 e. The van der Waals surface area contributed by atoms with Crippen LogP contribution in [0.15, 0.2) is 60.9 Å². The first-order valence-electron chi connectivity index (χ1n) is 11.8. The van der Waals surface area contributed by atoms with Gasteiger partial charge in [0, 0.05) is 73.7 Å². The van der Waals surface area contributed by atoms with Crippen LogP contribution in [0.1, 0.15) is 33.0 Å². The number of hydrogen-bond acceptors (Lipinski definition) is 6. The van der Waals surface area contributed by atoms with Gasteiger partial charge < -0.3 is 25.7 Å². The highest BCUT2D eigenvalue weighted by atomic mass is 19.4. The number of nitrogens with zero attached hydrogens (tertiary/aromatic N) is 2. The third kappa shape index (κ3) is 6.26. The smallest absolute Gasteiger partial charge is 0.416 e. The normalized spacial score (nSPS) is 14.4. The number of nitrogens with one attached hydrogen (secondary N) is 3. The molecule has 1 fully saturated rings. The quantitative estimate of drug-likeness (QED) is 0.356. The molecule has 0 saturated carbocycles. The summed E-state index contributed by atoms with van der Waals surface area (Å²) in [6.45, 7) is 3.91. The second-order valence-corrected chi connectivity index (χ2v) is 9.00. The summed E-state index contributed by atoms with van der Waals surface area (Å²) < 4.78 is 45.2. The number of carbonyl (C=O) groups excluding carboxylic acids is 1. The monoisotopic (exact) mass is 511 g/mol. The van der Waals surface area contributed by atoms with Crippen molar-refractivity contribution < 1.29 is 22.7 Å². The molecule has 0 spiro atoms. The molecule has 1 aromatic heterocycles. The highest BCUT2D eigenvalue weighted by Crippen LogP contribution is 2.31. The van der Waals surface area contributed by atoms with Crippen molar-refractivity contribution >= 4 is 23.5 Å². The lowest BCUT2D eigenvalue weighted by atomic mass is 9.99. The average molecular weight is 512 g/mol. The first-order chi connectivity index (χ1) is 17.7. The predicted octanol–water partition coefficient (Wildman–Crippen LogP) is 4.88. The van der Waals surface area contributed by atoms with E-state index in [1.807, 2.05) is 24.9 Å². The number of carbonyl (C=O) groups is 1. The fraction of sp³-hybridized carbons (Fsp3) is 0.296. The molecule has 0 bridgehead atoms. The van der Waals surface area contributed by atoms with E-state index in [1.165, 1.54) is 18.3 Å². The van der Waals surface area contributed by atoms with Crippen molar-refractivity contribution in [2.24, 2.45) is 0 Å². The van der Waals surface area contributed by atoms with E-state index in [9.17, 15) is 18.0 Å². The highest BCUT2D eigenvalue weighted by Gasteiger charge is 2.31. The van der Waals surface area contributed by atoms with Gasteiger partial charge in [-0.2, -0.15) is 13.2 Å². The molecule has 2 aromatic carbocycles. The summed E-state index contributed by atoms with van der Waals surface area (Å²) in [5.41, 5.74) is 2.04. The minimum absolute atomic E-state index is 0.0834. The Labute approximate surface area is 213 Å². The zero-order chi connectivity index (χ0) is 26.6. The number of aromatic nitrogens is 1. The lowest BCUT2D eigenvalue weighted by molar-refractivity contribution is -0.137. The molecule has 1 atom stereocenters. The zero-order valence-electron chi connectivity index (χ0n) is 20.5. The van der Waals surface area contributed by atoms with E-state index in [2.05, 4.69) is 15.6 Å². The van der Waals surface area contributed by atoms with Gasteiger partial charge in [0.2, 0.25) is 0 Å². The van der Waals surface area contributed by atoms with Crippen molar-refractivity contribution in [2.45, 2.75) is 25.1 Å². The maximum atomic E-state index is 13.0. The first kappa shape index (κ1) is 26.2. The Morgan fingerprint density at radius 1 is 1.27 bits per heavy atom. The van der Waals surface area contributed by atoms with Crippen LogP contribution in [-0.4, -0.2) is 49.9 Å². The van der Waals surface area contributed by atoms with E-state index in [4.69, 9.17) is 10.1 Å². The molecule has 37 heavy (non-hydrogen) atoms. The number of ether oxygens (including phenoxy) is 1. The van der Waals surface area contributed by atoms with Gasteiger partial charge in [0.05, 0.1) is 5.56 Å². The molecular formula is C27H28F3N5O2. The fourth-order valence-corrected chi connectivity index (χ4v) is 4.08. The topological polar surface area (TPSA) is 90.3 Å². The molecule has 1 aliphatic rings. The Hall–Kier alpha value is -3.92. The minimum atomic E-state index is -4.53. The van der Waals surface area contributed by atoms with Gasteiger partial charge in [-0.3, -0.25) is 9.78 Å². The largest absolute Gasteiger partial charge is 0.487 e. The first-order valence-corrected chi connectivity index (χ1v) is 11.8. The van der Waals surface area contributed by atoms with Crippen LogP contribution in [0.4, 0.5) is 24.5 Å². The second-order valence-electron chi connectivity index (χ2n) is 9.00. The Kier molecular flexibility index (Phi) is 7.77. The van der Waals surface area contributed by atoms with Crippen LogP contribution >= 0.6 is 0 Å². The van der Waals surface area contributed by atoms with Crippen LogP contribution in [0, 0.1) is 12.3 Å². The van der Waals surface area contributed by atoms with Gasteiger partial charge in [-0.1, -0.05) is 12.1 Å². The van der Waals surface area contributed by atoms with E-state index in [-0.39, 0.29) is 17.6 Å². The van der Waals surface area contributed by atoms with Crippen molar-refractivity contribution in [3.63, 3.8) is 0 Å². The van der Waals surface area contributed by atoms with Gasteiger partial charge in [-0.15, -0.1) is 0 Å². The Balaban J connectivity index is 1.50. The van der Waals surface area contributed by atoms with E-state index in [0.29, 0.717) is 18.0 Å². The molecule has 1 unspecified atom stereocenters. The standard InChI is InChI=1S/C27H28F3N5O2/c1-17-6-7-21(34-26(36)18-4-3-5-20(10-18)27(28,29)30)11-24(17)35(2)16-19(12-31)23-15-32-9-8-25(23)37-22-13-33-14-22/h3-12,15,19,22,31,33H,13-14,16H2,1-2H3,(H,34,36). The van der Waals surface area contributed by atoms with Crippen molar-refractivity contribution in [3.8, 4) is 5.75 Å². The van der Waals surface area contributed by atoms with Gasteiger partial charge in [-0.25, -0.2) is 0 Å². The Bertz CT molecular complexity index is 1280. The number of alkyl halides is 3. The summed E-state index contributed by atoms with van der Waals surface area (Å²) in [6, 6.07) is 11.4.